The van der Waals surface area contributed by atoms with Crippen molar-refractivity contribution < 1.29 is 0 Å². The van der Waals surface area contributed by atoms with Crippen molar-refractivity contribution in [1.82, 2.24) is 9.97 Å². The maximum Gasteiger partial charge on any atom is 0.137 e. The summed E-state index contributed by atoms with van der Waals surface area (Å²) < 4.78 is 0. The van der Waals surface area contributed by atoms with Gasteiger partial charge in [-0.1, -0.05) is 37.3 Å². The summed E-state index contributed by atoms with van der Waals surface area (Å²) in [7, 11) is 0. The van der Waals surface area contributed by atoms with Gasteiger partial charge in [-0.2, -0.15) is 0 Å². The van der Waals surface area contributed by atoms with Crippen LogP contribution in [-0.4, -0.2) is 9.97 Å². The summed E-state index contributed by atoms with van der Waals surface area (Å²) >= 11 is 0. The molecule has 0 fully saturated rings. The number of hydrogen-bond acceptors (Lipinski definition) is 1. The average molecular weight is 236 g/mol. The molecule has 1 unspecified atom stereocenters. The minimum atomic E-state index is 0.378. The molecule has 1 N–H and O–H groups in total. The Balaban J connectivity index is 2.12. The summed E-state index contributed by atoms with van der Waals surface area (Å²) in [5, 5.41) is 1.23. The number of nitrogens with one attached hydrogen (secondary N) is 1. The zero-order valence-corrected chi connectivity index (χ0v) is 10.6. The summed E-state index contributed by atoms with van der Waals surface area (Å²) in [5.74, 6) is 0.378. The molecule has 0 radical (unpaired) electrons. The summed E-state index contributed by atoms with van der Waals surface area (Å²) in [4.78, 5) is 7.68. The van der Waals surface area contributed by atoms with Crippen LogP contribution in [0.15, 0.2) is 48.8 Å². The average Bonchev–Trinajstić information content (AvgIpc) is 2.82. The fourth-order valence-electron chi connectivity index (χ4n) is 2.41. The molecule has 0 aliphatic rings. The molecule has 3 rings (SSSR count). The highest BCUT2D eigenvalue weighted by Crippen LogP contribution is 2.29. The lowest BCUT2D eigenvalue weighted by Crippen LogP contribution is -1.94. The Hall–Kier alpha value is -2.09. The maximum atomic E-state index is 4.42. The third-order valence-electron chi connectivity index (χ3n) is 3.47. The highest BCUT2D eigenvalue weighted by molar-refractivity contribution is 5.81. The van der Waals surface area contributed by atoms with Crippen molar-refractivity contribution in [2.45, 2.75) is 19.8 Å². The number of aryl methyl sites for hydroxylation is 1. The Morgan fingerprint density at radius 3 is 2.72 bits per heavy atom. The number of fused-ring (bicyclic) bond motifs is 1. The van der Waals surface area contributed by atoms with Crippen molar-refractivity contribution in [3.8, 4) is 0 Å². The molecule has 3 aromatic rings. The number of rotatable bonds is 2. The van der Waals surface area contributed by atoms with Gasteiger partial charge in [0.15, 0.2) is 0 Å². The van der Waals surface area contributed by atoms with E-state index in [4.69, 9.17) is 0 Å². The predicted octanol–water partition coefficient (Wildman–Crippen LogP) is 4.02. The van der Waals surface area contributed by atoms with Gasteiger partial charge in [0.1, 0.15) is 5.65 Å². The zero-order valence-electron chi connectivity index (χ0n) is 10.6. The molecule has 0 bridgehead atoms. The molecule has 2 heteroatoms. The standard InChI is InChI=1S/C16H16N2/c1-11-8-14-15(10-18-16(14)17-9-11)12(2)13-6-4-3-5-7-13/h3-10,12H,1-2H3,(H,17,18). The van der Waals surface area contributed by atoms with Gasteiger partial charge in [0.25, 0.3) is 0 Å². The highest BCUT2D eigenvalue weighted by Gasteiger charge is 2.13. The molecule has 0 spiro atoms. The van der Waals surface area contributed by atoms with Crippen LogP contribution in [0.5, 0.6) is 0 Å². The van der Waals surface area contributed by atoms with E-state index in [-0.39, 0.29) is 0 Å². The van der Waals surface area contributed by atoms with Crippen molar-refractivity contribution in [1.29, 1.82) is 0 Å². The summed E-state index contributed by atoms with van der Waals surface area (Å²) in [6.45, 7) is 4.32. The first kappa shape index (κ1) is 11.0. The van der Waals surface area contributed by atoms with Crippen LogP contribution in [0.1, 0.15) is 29.5 Å². The Kier molecular flexibility index (Phi) is 2.63. The summed E-state index contributed by atoms with van der Waals surface area (Å²) in [6.07, 6.45) is 3.98. The minimum absolute atomic E-state index is 0.378. The lowest BCUT2D eigenvalue weighted by molar-refractivity contribution is 0.932. The van der Waals surface area contributed by atoms with Gasteiger partial charge in [-0.05, 0) is 29.7 Å². The van der Waals surface area contributed by atoms with Gasteiger partial charge in [0.05, 0.1) is 0 Å². The second kappa shape index (κ2) is 4.30. The van der Waals surface area contributed by atoms with Crippen LogP contribution in [0.2, 0.25) is 0 Å². The SMILES string of the molecule is Cc1cnc2[nH]cc(C(C)c3ccccc3)c2c1. The molecule has 18 heavy (non-hydrogen) atoms. The molecule has 2 heterocycles. The summed E-state index contributed by atoms with van der Waals surface area (Å²) in [5.41, 5.74) is 4.81. The van der Waals surface area contributed by atoms with Gasteiger partial charge in [-0.25, -0.2) is 4.98 Å². The largest absolute Gasteiger partial charge is 0.346 e. The molecule has 0 aliphatic carbocycles. The van der Waals surface area contributed by atoms with Gasteiger partial charge in [-0.3, -0.25) is 0 Å². The normalized spacial score (nSPS) is 12.8. The molecule has 1 atom stereocenters. The Morgan fingerprint density at radius 1 is 1.17 bits per heavy atom. The van der Waals surface area contributed by atoms with E-state index in [1.165, 1.54) is 22.1 Å². The van der Waals surface area contributed by atoms with Crippen LogP contribution >= 0.6 is 0 Å². The van der Waals surface area contributed by atoms with E-state index < -0.39 is 0 Å². The van der Waals surface area contributed by atoms with Crippen LogP contribution in [0.25, 0.3) is 11.0 Å². The Labute approximate surface area is 107 Å². The molecule has 90 valence electrons. The first-order chi connectivity index (χ1) is 8.75. The van der Waals surface area contributed by atoms with Gasteiger partial charge in [-0.15, -0.1) is 0 Å². The van der Waals surface area contributed by atoms with Crippen LogP contribution < -0.4 is 0 Å². The van der Waals surface area contributed by atoms with E-state index in [0.717, 1.165) is 5.65 Å². The van der Waals surface area contributed by atoms with Gasteiger partial charge < -0.3 is 4.98 Å². The van der Waals surface area contributed by atoms with Gasteiger partial charge in [0.2, 0.25) is 0 Å². The number of hydrogen-bond donors (Lipinski definition) is 1. The molecule has 0 amide bonds. The molecular weight excluding hydrogens is 220 g/mol. The van der Waals surface area contributed by atoms with Crippen molar-refractivity contribution in [3.05, 3.63) is 65.5 Å². The number of H-pyrrole nitrogens is 1. The van der Waals surface area contributed by atoms with Gasteiger partial charge in [0, 0.05) is 23.7 Å². The topological polar surface area (TPSA) is 28.7 Å². The van der Waals surface area contributed by atoms with Crippen molar-refractivity contribution in [3.63, 3.8) is 0 Å². The number of aromatic amines is 1. The summed E-state index contributed by atoms with van der Waals surface area (Å²) in [6, 6.07) is 12.8. The van der Waals surface area contributed by atoms with E-state index in [2.05, 4.69) is 66.4 Å². The molecule has 0 aliphatic heterocycles. The second-order valence-corrected chi connectivity index (χ2v) is 4.79. The van der Waals surface area contributed by atoms with Crippen LogP contribution in [0.3, 0.4) is 0 Å². The monoisotopic (exact) mass is 236 g/mol. The fraction of sp³-hybridized carbons (Fsp3) is 0.188. The molecule has 2 nitrogen and oxygen atoms in total. The van der Waals surface area contributed by atoms with E-state index in [1.54, 1.807) is 0 Å². The van der Waals surface area contributed by atoms with Gasteiger partial charge >= 0.3 is 0 Å². The predicted molar refractivity (Wildman–Crippen MR) is 74.8 cm³/mol. The zero-order chi connectivity index (χ0) is 12.5. The molecule has 1 aromatic carbocycles. The van der Waals surface area contributed by atoms with E-state index in [1.807, 2.05) is 6.20 Å². The molecular formula is C16H16N2. The second-order valence-electron chi connectivity index (χ2n) is 4.79. The van der Waals surface area contributed by atoms with Crippen LogP contribution in [-0.2, 0) is 0 Å². The minimum Gasteiger partial charge on any atom is -0.346 e. The van der Waals surface area contributed by atoms with Crippen LogP contribution in [0, 0.1) is 6.92 Å². The molecule has 0 saturated heterocycles. The van der Waals surface area contributed by atoms with Crippen molar-refractivity contribution in [2.24, 2.45) is 0 Å². The van der Waals surface area contributed by atoms with Crippen molar-refractivity contribution in [2.75, 3.05) is 0 Å². The third-order valence-corrected chi connectivity index (χ3v) is 3.47. The third kappa shape index (κ3) is 1.80. The first-order valence-electron chi connectivity index (χ1n) is 6.24. The Morgan fingerprint density at radius 2 is 1.94 bits per heavy atom. The molecule has 0 saturated carbocycles. The molecule has 2 aromatic heterocycles. The Bertz CT molecular complexity index is 668. The van der Waals surface area contributed by atoms with E-state index in [9.17, 15) is 0 Å². The number of aromatic nitrogens is 2. The van der Waals surface area contributed by atoms with E-state index in [0.29, 0.717) is 5.92 Å². The van der Waals surface area contributed by atoms with E-state index >= 15 is 0 Å². The smallest absolute Gasteiger partial charge is 0.137 e. The van der Waals surface area contributed by atoms with Crippen LogP contribution in [0.4, 0.5) is 0 Å². The number of nitrogens with zero attached hydrogens (tertiary/aromatic N) is 1. The number of benzene rings is 1. The highest BCUT2D eigenvalue weighted by atomic mass is 14.8. The fourth-order valence-corrected chi connectivity index (χ4v) is 2.41. The first-order valence-corrected chi connectivity index (χ1v) is 6.24. The lowest BCUT2D eigenvalue weighted by atomic mass is 9.93. The number of pyridine rings is 1. The lowest BCUT2D eigenvalue weighted by Gasteiger charge is -2.10. The maximum absolute atomic E-state index is 4.42. The van der Waals surface area contributed by atoms with Crippen molar-refractivity contribution >= 4 is 11.0 Å². The quantitative estimate of drug-likeness (QED) is 0.715.